The van der Waals surface area contributed by atoms with Crippen molar-refractivity contribution in [2.45, 2.75) is 19.6 Å². The summed E-state index contributed by atoms with van der Waals surface area (Å²) in [6.07, 6.45) is 0. The molecule has 4 rings (SSSR count). The van der Waals surface area contributed by atoms with E-state index in [1.54, 1.807) is 11.3 Å². The Hall–Kier alpha value is -2.47. The number of fused-ring (bicyclic) bond motifs is 1. The van der Waals surface area contributed by atoms with E-state index in [0.717, 1.165) is 41.7 Å². The van der Waals surface area contributed by atoms with Gasteiger partial charge >= 0.3 is 0 Å². The molecule has 138 valence electrons. The van der Waals surface area contributed by atoms with Gasteiger partial charge in [-0.25, -0.2) is 4.98 Å². The number of rotatable bonds is 7. The first kappa shape index (κ1) is 17.9. The summed E-state index contributed by atoms with van der Waals surface area (Å²) in [7, 11) is 4.35. The van der Waals surface area contributed by atoms with Crippen molar-refractivity contribution in [3.63, 3.8) is 0 Å². The van der Waals surface area contributed by atoms with Gasteiger partial charge in [0.05, 0.1) is 24.3 Å². The summed E-state index contributed by atoms with van der Waals surface area (Å²) < 4.78 is 7.21. The molecule has 3 N–H and O–H groups in total. The van der Waals surface area contributed by atoms with E-state index in [2.05, 4.69) is 60.8 Å². The third kappa shape index (κ3) is 4.45. The first-order chi connectivity index (χ1) is 13.2. The maximum Gasteiger partial charge on any atom is 0.163 e. The zero-order valence-corrected chi connectivity index (χ0v) is 16.6. The highest BCUT2D eigenvalue weighted by Crippen LogP contribution is 2.30. The fraction of sp³-hybridized carbons (Fsp3) is 0.227. The molecule has 0 amide bonds. The number of para-hydroxylation sites is 1. The molecule has 5 heteroatoms. The Kier molecular flexibility index (Phi) is 5.34. The van der Waals surface area contributed by atoms with Crippen LogP contribution in [0.25, 0.3) is 21.0 Å². The van der Waals surface area contributed by atoms with Crippen molar-refractivity contribution in [3.05, 3.63) is 77.6 Å². The molecule has 0 unspecified atom stereocenters. The largest absolute Gasteiger partial charge is 0.453 e. The molecule has 2 aromatic carbocycles. The lowest BCUT2D eigenvalue weighted by Crippen LogP contribution is -3.04. The number of thiazole rings is 1. The molecule has 0 atom stereocenters. The van der Waals surface area contributed by atoms with Crippen LogP contribution in [0.2, 0.25) is 0 Å². The minimum absolute atomic E-state index is 0.828. The van der Waals surface area contributed by atoms with E-state index in [1.165, 1.54) is 20.7 Å². The number of furan rings is 1. The second-order valence-electron chi connectivity index (χ2n) is 7.15. The average Bonchev–Trinajstić information content (AvgIpc) is 3.29. The fourth-order valence-corrected chi connectivity index (χ4v) is 4.09. The molecule has 4 aromatic rings. The Morgan fingerprint density at radius 3 is 2.48 bits per heavy atom. The summed E-state index contributed by atoms with van der Waals surface area (Å²) in [5.74, 6) is 1.84. The number of nitrogens with two attached hydrogens (primary N) is 1. The van der Waals surface area contributed by atoms with Crippen molar-refractivity contribution in [2.75, 3.05) is 14.1 Å². The van der Waals surface area contributed by atoms with E-state index in [-0.39, 0.29) is 0 Å². The van der Waals surface area contributed by atoms with Crippen molar-refractivity contribution in [3.8, 4) is 10.8 Å². The van der Waals surface area contributed by atoms with Crippen molar-refractivity contribution in [2.24, 2.45) is 0 Å². The molecule has 0 aliphatic carbocycles. The first-order valence-corrected chi connectivity index (χ1v) is 10.1. The molecule has 27 heavy (non-hydrogen) atoms. The summed E-state index contributed by atoms with van der Waals surface area (Å²) >= 11 is 1.67. The van der Waals surface area contributed by atoms with Crippen LogP contribution in [0.15, 0.2) is 65.1 Å². The van der Waals surface area contributed by atoms with Crippen LogP contribution in [0.1, 0.15) is 16.9 Å². The van der Waals surface area contributed by atoms with Gasteiger partial charge in [0.25, 0.3) is 0 Å². The number of benzene rings is 2. The Labute approximate surface area is 163 Å². The van der Waals surface area contributed by atoms with E-state index < -0.39 is 0 Å². The molecule has 2 aromatic heterocycles. The highest BCUT2D eigenvalue weighted by atomic mass is 32.1. The summed E-state index contributed by atoms with van der Waals surface area (Å²) in [4.78, 5) is 6.11. The van der Waals surface area contributed by atoms with Gasteiger partial charge in [0.1, 0.15) is 19.6 Å². The van der Waals surface area contributed by atoms with Gasteiger partial charge in [-0.3, -0.25) is 0 Å². The predicted octanol–water partition coefficient (Wildman–Crippen LogP) is 2.46. The molecule has 0 bridgehead atoms. The lowest BCUT2D eigenvalue weighted by atomic mass is 10.1. The molecule has 0 fully saturated rings. The van der Waals surface area contributed by atoms with Crippen LogP contribution in [0.4, 0.5) is 0 Å². The number of aromatic nitrogens is 1. The molecule has 0 spiro atoms. The topological polar surface area (TPSA) is 47.1 Å². The lowest BCUT2D eigenvalue weighted by molar-refractivity contribution is -0.872. The summed E-state index contributed by atoms with van der Waals surface area (Å²) in [6, 6.07) is 21.2. The number of hydrogen-bond donors (Lipinski definition) is 2. The minimum atomic E-state index is 0.828. The van der Waals surface area contributed by atoms with Crippen LogP contribution in [0, 0.1) is 0 Å². The molecule has 0 aliphatic rings. The maximum absolute atomic E-state index is 6.01. The summed E-state index contributed by atoms with van der Waals surface area (Å²) in [5.41, 5.74) is 3.75. The smallest absolute Gasteiger partial charge is 0.163 e. The van der Waals surface area contributed by atoms with Crippen molar-refractivity contribution in [1.29, 1.82) is 0 Å². The standard InChI is InChI=1S/C22H23N3OS/c1-25(2)15-17-9-7-16(8-10-17)13-23-14-18-11-12-20(26-18)22-24-19-5-3-4-6-21(19)27-22/h3-12,23H,13-15H2,1-2H3/p+2. The van der Waals surface area contributed by atoms with E-state index in [1.807, 2.05) is 24.3 Å². The Morgan fingerprint density at radius 2 is 1.70 bits per heavy atom. The fourth-order valence-electron chi connectivity index (χ4n) is 3.16. The third-order valence-electron chi connectivity index (χ3n) is 4.47. The molecule has 0 aliphatic heterocycles. The molecular formula is C22H25N3OS+2. The van der Waals surface area contributed by atoms with Gasteiger partial charge in [-0.2, -0.15) is 0 Å². The highest BCUT2D eigenvalue weighted by molar-refractivity contribution is 7.21. The molecule has 2 heterocycles. The number of nitrogens with zero attached hydrogens (tertiary/aromatic N) is 1. The highest BCUT2D eigenvalue weighted by Gasteiger charge is 2.11. The van der Waals surface area contributed by atoms with Crippen molar-refractivity contribution in [1.82, 2.24) is 4.98 Å². The van der Waals surface area contributed by atoms with Crippen LogP contribution >= 0.6 is 11.3 Å². The van der Waals surface area contributed by atoms with E-state index in [9.17, 15) is 0 Å². The Balaban J connectivity index is 1.34. The summed E-state index contributed by atoms with van der Waals surface area (Å²) in [6.45, 7) is 2.84. The molecule has 0 radical (unpaired) electrons. The van der Waals surface area contributed by atoms with Gasteiger partial charge in [0.2, 0.25) is 0 Å². The molecule has 0 saturated heterocycles. The maximum atomic E-state index is 6.01. The zero-order valence-electron chi connectivity index (χ0n) is 15.7. The van der Waals surface area contributed by atoms with Gasteiger partial charge < -0.3 is 14.6 Å². The van der Waals surface area contributed by atoms with Crippen LogP contribution in [0.5, 0.6) is 0 Å². The molecule has 0 saturated carbocycles. The first-order valence-electron chi connectivity index (χ1n) is 9.30. The van der Waals surface area contributed by atoms with Crippen LogP contribution in [0.3, 0.4) is 0 Å². The zero-order chi connectivity index (χ0) is 18.6. The van der Waals surface area contributed by atoms with Gasteiger partial charge in [0, 0.05) is 11.1 Å². The van der Waals surface area contributed by atoms with Gasteiger partial charge in [-0.1, -0.05) is 36.4 Å². The normalized spacial score (nSPS) is 11.5. The Bertz CT molecular complexity index is 984. The second kappa shape index (κ2) is 8.05. The van der Waals surface area contributed by atoms with Crippen molar-refractivity contribution >= 4 is 21.6 Å². The van der Waals surface area contributed by atoms with E-state index in [4.69, 9.17) is 4.42 Å². The van der Waals surface area contributed by atoms with Crippen LogP contribution < -0.4 is 10.2 Å². The monoisotopic (exact) mass is 379 g/mol. The SMILES string of the molecule is C[NH+](C)Cc1ccc(C[NH2+]Cc2ccc(-c3nc4ccccc4s3)o2)cc1. The van der Waals surface area contributed by atoms with Crippen LogP contribution in [-0.2, 0) is 19.6 Å². The van der Waals surface area contributed by atoms with Gasteiger partial charge in [-0.05, 0) is 24.3 Å². The summed E-state index contributed by atoms with van der Waals surface area (Å²) in [5, 5.41) is 3.22. The van der Waals surface area contributed by atoms with E-state index in [0.29, 0.717) is 0 Å². The number of nitrogens with one attached hydrogen (secondary N) is 1. The molecule has 4 nitrogen and oxygen atoms in total. The lowest BCUT2D eigenvalue weighted by Gasteiger charge is -2.07. The van der Waals surface area contributed by atoms with E-state index >= 15 is 0 Å². The number of hydrogen-bond acceptors (Lipinski definition) is 3. The Morgan fingerprint density at radius 1 is 0.926 bits per heavy atom. The van der Waals surface area contributed by atoms with Crippen molar-refractivity contribution < 1.29 is 14.6 Å². The quantitative estimate of drug-likeness (QED) is 0.518. The van der Waals surface area contributed by atoms with Gasteiger partial charge in [0.15, 0.2) is 16.5 Å². The second-order valence-corrected chi connectivity index (χ2v) is 8.18. The average molecular weight is 380 g/mol. The third-order valence-corrected chi connectivity index (χ3v) is 5.52. The minimum Gasteiger partial charge on any atom is -0.453 e. The van der Waals surface area contributed by atoms with Crippen LogP contribution in [-0.4, -0.2) is 19.1 Å². The molecular weight excluding hydrogens is 354 g/mol. The number of quaternary nitrogens is 2. The predicted molar refractivity (Wildman–Crippen MR) is 110 cm³/mol. The van der Waals surface area contributed by atoms with Gasteiger partial charge in [-0.15, -0.1) is 11.3 Å².